The molecular weight excluding hydrogens is 340 g/mol. The van der Waals surface area contributed by atoms with Crippen LogP contribution in [0.1, 0.15) is 22.7 Å². The fraction of sp³-hybridized carbons (Fsp3) is 0.0769. The van der Waals surface area contributed by atoms with Gasteiger partial charge in [0.2, 0.25) is 0 Å². The van der Waals surface area contributed by atoms with Gasteiger partial charge in [0.25, 0.3) is 0 Å². The molecule has 1 heterocycles. The normalized spacial score (nSPS) is 16.8. The molecule has 0 fully saturated rings. The van der Waals surface area contributed by atoms with Crippen LogP contribution in [0.5, 0.6) is 0 Å². The van der Waals surface area contributed by atoms with E-state index in [1.54, 1.807) is 0 Å². The Morgan fingerprint density at radius 1 is 0.571 bits per heavy atom. The Balaban J connectivity index is 1.74. The molecule has 4 aromatic rings. The highest BCUT2D eigenvalue weighted by molar-refractivity contribution is 5.70. The van der Waals surface area contributed by atoms with Gasteiger partial charge in [-0.3, -0.25) is 0 Å². The van der Waals surface area contributed by atoms with Gasteiger partial charge in [-0.25, -0.2) is 0 Å². The van der Waals surface area contributed by atoms with Gasteiger partial charge in [-0.05, 0) is 29.3 Å². The highest BCUT2D eigenvalue weighted by Crippen LogP contribution is 2.52. The van der Waals surface area contributed by atoms with E-state index in [2.05, 4.69) is 120 Å². The molecule has 2 heteroatoms. The van der Waals surface area contributed by atoms with E-state index in [9.17, 15) is 0 Å². The Morgan fingerprint density at radius 3 is 1.68 bits per heavy atom. The summed E-state index contributed by atoms with van der Waals surface area (Å²) < 4.78 is 0. The topological polar surface area (TPSA) is 24.1 Å². The number of benzene rings is 4. The minimum absolute atomic E-state index is 0.0518. The summed E-state index contributed by atoms with van der Waals surface area (Å²) in [4.78, 5) is 0. The highest BCUT2D eigenvalue weighted by Gasteiger charge is 2.48. The molecule has 28 heavy (non-hydrogen) atoms. The second-order valence-corrected chi connectivity index (χ2v) is 7.20. The molecule has 2 nitrogen and oxygen atoms in total. The molecule has 0 saturated heterocycles. The van der Waals surface area contributed by atoms with E-state index < -0.39 is 5.54 Å². The smallest absolute Gasteiger partial charge is 0.113 e. The van der Waals surface area contributed by atoms with Crippen molar-refractivity contribution in [3.63, 3.8) is 0 Å². The minimum Gasteiger partial charge on any atom is -0.375 e. The van der Waals surface area contributed by atoms with Crippen LogP contribution in [0.3, 0.4) is 0 Å². The zero-order valence-electron chi connectivity index (χ0n) is 15.5. The lowest BCUT2D eigenvalue weighted by molar-refractivity contribution is 0.529. The molecule has 1 aliphatic rings. The van der Waals surface area contributed by atoms with E-state index in [-0.39, 0.29) is 6.04 Å². The van der Waals surface area contributed by atoms with E-state index in [1.165, 1.54) is 22.4 Å². The number of anilines is 2. The fourth-order valence-corrected chi connectivity index (χ4v) is 4.31. The van der Waals surface area contributed by atoms with Crippen molar-refractivity contribution < 1.29 is 0 Å². The third-order valence-corrected chi connectivity index (χ3v) is 5.58. The van der Waals surface area contributed by atoms with Crippen molar-refractivity contribution in [3.05, 3.63) is 132 Å². The van der Waals surface area contributed by atoms with Gasteiger partial charge in [0.05, 0.1) is 6.04 Å². The molecule has 2 N–H and O–H groups in total. The number of para-hydroxylation sites is 2. The van der Waals surface area contributed by atoms with E-state index >= 15 is 0 Å². The van der Waals surface area contributed by atoms with Gasteiger partial charge < -0.3 is 10.6 Å². The fourth-order valence-electron chi connectivity index (χ4n) is 4.31. The molecule has 136 valence electrons. The van der Waals surface area contributed by atoms with Crippen LogP contribution in [0.2, 0.25) is 0 Å². The van der Waals surface area contributed by atoms with Gasteiger partial charge >= 0.3 is 0 Å². The van der Waals surface area contributed by atoms with Gasteiger partial charge in [0.1, 0.15) is 5.54 Å². The largest absolute Gasteiger partial charge is 0.375 e. The van der Waals surface area contributed by atoms with Crippen molar-refractivity contribution in [1.82, 2.24) is 0 Å². The Hall–Kier alpha value is -3.52. The van der Waals surface area contributed by atoms with Crippen LogP contribution in [0.25, 0.3) is 0 Å². The number of nitrogens with one attached hydrogen (secondary N) is 2. The second-order valence-electron chi connectivity index (χ2n) is 7.20. The first-order valence-corrected chi connectivity index (χ1v) is 9.68. The molecule has 1 aliphatic heterocycles. The van der Waals surface area contributed by atoms with Crippen molar-refractivity contribution in [3.8, 4) is 0 Å². The molecule has 4 aromatic carbocycles. The molecule has 0 radical (unpaired) electrons. The highest BCUT2D eigenvalue weighted by atomic mass is 15.1. The van der Waals surface area contributed by atoms with E-state index in [1.807, 2.05) is 6.07 Å². The predicted molar refractivity (Wildman–Crippen MR) is 117 cm³/mol. The van der Waals surface area contributed by atoms with Crippen molar-refractivity contribution in [1.29, 1.82) is 0 Å². The first kappa shape index (κ1) is 16.6. The van der Waals surface area contributed by atoms with Gasteiger partial charge in [-0.1, -0.05) is 97.1 Å². The first-order chi connectivity index (χ1) is 13.9. The lowest BCUT2D eigenvalue weighted by atomic mass is 9.77. The zero-order chi connectivity index (χ0) is 18.8. The third kappa shape index (κ3) is 2.66. The summed E-state index contributed by atoms with van der Waals surface area (Å²) in [6, 6.07) is 40.6. The average molecular weight is 362 g/mol. The molecule has 0 aliphatic carbocycles. The minimum atomic E-state index is -0.401. The maximum Gasteiger partial charge on any atom is 0.113 e. The first-order valence-electron chi connectivity index (χ1n) is 9.68. The van der Waals surface area contributed by atoms with Crippen LogP contribution >= 0.6 is 0 Å². The van der Waals surface area contributed by atoms with Gasteiger partial charge in [-0.15, -0.1) is 0 Å². The maximum absolute atomic E-state index is 3.89. The van der Waals surface area contributed by atoms with E-state index in [0.717, 1.165) is 5.69 Å². The van der Waals surface area contributed by atoms with E-state index in [4.69, 9.17) is 0 Å². The van der Waals surface area contributed by atoms with Crippen LogP contribution in [0.15, 0.2) is 115 Å². The molecule has 0 bridgehead atoms. The summed E-state index contributed by atoms with van der Waals surface area (Å²) in [7, 11) is 0. The van der Waals surface area contributed by atoms with Crippen LogP contribution in [0, 0.1) is 0 Å². The summed E-state index contributed by atoms with van der Waals surface area (Å²) in [5, 5.41) is 7.71. The van der Waals surface area contributed by atoms with Crippen LogP contribution in [-0.2, 0) is 5.54 Å². The Kier molecular flexibility index (Phi) is 4.10. The molecule has 0 amide bonds. The van der Waals surface area contributed by atoms with Crippen molar-refractivity contribution >= 4 is 11.4 Å². The average Bonchev–Trinajstić information content (AvgIpc) is 3.11. The summed E-state index contributed by atoms with van der Waals surface area (Å²) >= 11 is 0. The number of hydrogen-bond donors (Lipinski definition) is 2. The standard InChI is InChI=1S/C26H22N2/c1-4-12-20(13-5-1)26(21-14-6-2-7-15-21)25(27-22-16-8-3-9-17-22)23-18-10-11-19-24(23)28-26/h1-19,25,27-28H. The molecule has 0 spiro atoms. The summed E-state index contributed by atoms with van der Waals surface area (Å²) in [5.74, 6) is 0. The molecule has 0 aromatic heterocycles. The van der Waals surface area contributed by atoms with Crippen LogP contribution in [-0.4, -0.2) is 0 Å². The molecule has 0 saturated carbocycles. The summed E-state index contributed by atoms with van der Waals surface area (Å²) in [5.41, 5.74) is 5.64. The number of rotatable bonds is 4. The summed E-state index contributed by atoms with van der Waals surface area (Å²) in [6.45, 7) is 0. The molecule has 1 unspecified atom stereocenters. The molecule has 5 rings (SSSR count). The van der Waals surface area contributed by atoms with Gasteiger partial charge in [0.15, 0.2) is 0 Å². The number of hydrogen-bond acceptors (Lipinski definition) is 2. The quantitative estimate of drug-likeness (QED) is 0.451. The SMILES string of the molecule is c1ccc(NC2c3ccccc3NC2(c2ccccc2)c2ccccc2)cc1. The Labute approximate surface area is 165 Å². The third-order valence-electron chi connectivity index (χ3n) is 5.58. The monoisotopic (exact) mass is 362 g/mol. The van der Waals surface area contributed by atoms with Crippen molar-refractivity contribution in [2.75, 3.05) is 10.6 Å². The Morgan fingerprint density at radius 2 is 1.07 bits per heavy atom. The molecule has 1 atom stereocenters. The van der Waals surface area contributed by atoms with Crippen LogP contribution < -0.4 is 10.6 Å². The van der Waals surface area contributed by atoms with Gasteiger partial charge in [-0.2, -0.15) is 0 Å². The van der Waals surface area contributed by atoms with Crippen LogP contribution in [0.4, 0.5) is 11.4 Å². The lowest BCUT2D eigenvalue weighted by Gasteiger charge is -2.38. The molecular formula is C26H22N2. The van der Waals surface area contributed by atoms with E-state index in [0.29, 0.717) is 0 Å². The summed E-state index contributed by atoms with van der Waals surface area (Å²) in [6.07, 6.45) is 0. The predicted octanol–water partition coefficient (Wildman–Crippen LogP) is 6.21. The maximum atomic E-state index is 3.89. The van der Waals surface area contributed by atoms with Crippen molar-refractivity contribution in [2.24, 2.45) is 0 Å². The Bertz CT molecular complexity index is 1020. The zero-order valence-corrected chi connectivity index (χ0v) is 15.5. The van der Waals surface area contributed by atoms with Gasteiger partial charge in [0, 0.05) is 16.9 Å². The number of fused-ring (bicyclic) bond motifs is 1. The van der Waals surface area contributed by atoms with Crippen molar-refractivity contribution in [2.45, 2.75) is 11.6 Å². The second kappa shape index (κ2) is 6.90. The lowest BCUT2D eigenvalue weighted by Crippen LogP contribution is -2.41.